The molecule has 0 spiro atoms. The fourth-order valence-corrected chi connectivity index (χ4v) is 7.73. The van der Waals surface area contributed by atoms with Crippen LogP contribution in [0.1, 0.15) is 16.7 Å². The minimum Gasteiger partial charge on any atom is -0.301 e. The van der Waals surface area contributed by atoms with Crippen molar-refractivity contribution in [2.24, 2.45) is 7.05 Å². The van der Waals surface area contributed by atoms with Gasteiger partial charge in [-0.1, -0.05) is 60.7 Å². The normalized spacial score (nSPS) is 11.7. The van der Waals surface area contributed by atoms with E-state index in [4.69, 9.17) is 5.10 Å². The SMILES string of the molecule is Cn1cc2cc(-c3ccc(Cn4c(=O)cnc5cc(Cn6cc7c(-c8ccc(Cn9c(=O)cnc%10ccccc%109)c(F)c8)cccc7n6)ccc54)c(F)c3)ccc2n1. The average molecular weight is 767 g/mol. The molecule has 0 atom stereocenters. The Morgan fingerprint density at radius 2 is 1.21 bits per heavy atom. The van der Waals surface area contributed by atoms with E-state index in [9.17, 15) is 9.59 Å². The highest BCUT2D eigenvalue weighted by Gasteiger charge is 2.15. The molecule has 0 saturated carbocycles. The fourth-order valence-electron chi connectivity index (χ4n) is 7.73. The third-order valence-electron chi connectivity index (χ3n) is 10.6. The Labute approximate surface area is 328 Å². The van der Waals surface area contributed by atoms with Crippen LogP contribution in [0.5, 0.6) is 0 Å². The lowest BCUT2D eigenvalue weighted by Gasteiger charge is -2.12. The molecule has 0 aliphatic rings. The number of hydrogen-bond acceptors (Lipinski definition) is 6. The van der Waals surface area contributed by atoms with Gasteiger partial charge in [-0.3, -0.25) is 19.0 Å². The first-order valence-electron chi connectivity index (χ1n) is 18.6. The highest BCUT2D eigenvalue weighted by molar-refractivity contribution is 5.94. The second kappa shape index (κ2) is 13.9. The van der Waals surface area contributed by atoms with Crippen molar-refractivity contribution in [2.45, 2.75) is 19.6 Å². The number of halogens is 2. The molecule has 6 aromatic carbocycles. The molecule has 0 bridgehead atoms. The van der Waals surface area contributed by atoms with Gasteiger partial charge in [-0.05, 0) is 82.4 Å². The molecule has 0 aliphatic heterocycles. The van der Waals surface area contributed by atoms with Gasteiger partial charge in [-0.25, -0.2) is 18.7 Å². The molecule has 282 valence electrons. The van der Waals surface area contributed by atoms with Crippen molar-refractivity contribution >= 4 is 43.9 Å². The van der Waals surface area contributed by atoms with Gasteiger partial charge in [0.05, 0.1) is 65.1 Å². The predicted molar refractivity (Wildman–Crippen MR) is 221 cm³/mol. The van der Waals surface area contributed by atoms with E-state index in [-0.39, 0.29) is 24.2 Å². The number of aryl methyl sites for hydroxylation is 1. The first-order valence-corrected chi connectivity index (χ1v) is 18.6. The van der Waals surface area contributed by atoms with Crippen LogP contribution in [0.25, 0.3) is 66.1 Å². The summed E-state index contributed by atoms with van der Waals surface area (Å²) in [5.74, 6) is -0.827. The summed E-state index contributed by atoms with van der Waals surface area (Å²) in [6.45, 7) is 0.523. The molecule has 10 aromatic rings. The van der Waals surface area contributed by atoms with E-state index in [0.29, 0.717) is 45.3 Å². The summed E-state index contributed by atoms with van der Waals surface area (Å²) in [6, 6.07) is 34.6. The van der Waals surface area contributed by atoms with Crippen molar-refractivity contribution in [1.29, 1.82) is 0 Å². The zero-order valence-electron chi connectivity index (χ0n) is 31.1. The standard InChI is InChI=1S/C46H32F2N8O2/c1-53-24-34-18-29(14-15-39(34)51-53)30-10-12-32(37(47)19-30)26-56-44-16-9-28(17-42(44)50-22-46(56)58)23-54-27-36-35(5-4-7-40(36)52-54)31-11-13-33(38(48)20-31)25-55-43-8-3-2-6-41(43)49-21-45(55)57/h2-22,24,27H,23,25-26H2,1H3. The lowest BCUT2D eigenvalue weighted by molar-refractivity contribution is 0.599. The number of benzene rings is 6. The molecule has 0 amide bonds. The summed E-state index contributed by atoms with van der Waals surface area (Å²) in [5, 5.41) is 11.0. The quantitative estimate of drug-likeness (QED) is 0.155. The van der Waals surface area contributed by atoms with Crippen LogP contribution in [0.4, 0.5) is 8.78 Å². The Kier molecular flexibility index (Phi) is 8.33. The van der Waals surface area contributed by atoms with Crippen molar-refractivity contribution in [3.63, 3.8) is 0 Å². The lowest BCUT2D eigenvalue weighted by Crippen LogP contribution is -2.21. The Morgan fingerprint density at radius 3 is 1.98 bits per heavy atom. The third-order valence-corrected chi connectivity index (χ3v) is 10.6. The van der Waals surface area contributed by atoms with Crippen molar-refractivity contribution in [2.75, 3.05) is 0 Å². The zero-order chi connectivity index (χ0) is 39.5. The van der Waals surface area contributed by atoms with Gasteiger partial charge in [0.2, 0.25) is 0 Å². The molecule has 58 heavy (non-hydrogen) atoms. The Morgan fingerprint density at radius 1 is 0.552 bits per heavy atom. The summed E-state index contributed by atoms with van der Waals surface area (Å²) >= 11 is 0. The smallest absolute Gasteiger partial charge is 0.269 e. The molecule has 12 heteroatoms. The molecule has 10 rings (SSSR count). The minimum absolute atomic E-state index is 0.0407. The van der Waals surface area contributed by atoms with E-state index in [1.54, 1.807) is 22.9 Å². The van der Waals surface area contributed by atoms with Crippen LogP contribution >= 0.6 is 0 Å². The lowest BCUT2D eigenvalue weighted by atomic mass is 10.00. The van der Waals surface area contributed by atoms with E-state index in [2.05, 4.69) is 15.1 Å². The second-order valence-corrected chi connectivity index (χ2v) is 14.4. The van der Waals surface area contributed by atoms with Crippen LogP contribution < -0.4 is 11.1 Å². The zero-order valence-corrected chi connectivity index (χ0v) is 31.1. The largest absolute Gasteiger partial charge is 0.301 e. The van der Waals surface area contributed by atoms with Crippen molar-refractivity contribution < 1.29 is 8.78 Å². The molecular weight excluding hydrogens is 735 g/mol. The van der Waals surface area contributed by atoms with E-state index >= 15 is 8.78 Å². The number of nitrogens with zero attached hydrogens (tertiary/aromatic N) is 8. The van der Waals surface area contributed by atoms with Gasteiger partial charge >= 0.3 is 0 Å². The number of fused-ring (bicyclic) bond motifs is 4. The van der Waals surface area contributed by atoms with Crippen LogP contribution in [0.2, 0.25) is 0 Å². The summed E-state index contributed by atoms with van der Waals surface area (Å²) in [6.07, 6.45) is 6.37. The Bertz CT molecular complexity index is 3380. The van der Waals surface area contributed by atoms with Crippen LogP contribution in [-0.2, 0) is 26.7 Å². The predicted octanol–water partition coefficient (Wildman–Crippen LogP) is 8.10. The maximum absolute atomic E-state index is 15.7. The topological polar surface area (TPSA) is 105 Å². The van der Waals surface area contributed by atoms with Crippen LogP contribution in [-0.4, -0.2) is 38.7 Å². The highest BCUT2D eigenvalue weighted by atomic mass is 19.1. The summed E-state index contributed by atoms with van der Waals surface area (Å²) in [4.78, 5) is 34.4. The molecule has 0 radical (unpaired) electrons. The number of para-hydroxylation sites is 2. The molecule has 10 nitrogen and oxygen atoms in total. The summed E-state index contributed by atoms with van der Waals surface area (Å²) in [7, 11) is 1.86. The summed E-state index contributed by atoms with van der Waals surface area (Å²) < 4.78 is 37.9. The van der Waals surface area contributed by atoms with Crippen molar-refractivity contribution in [1.82, 2.24) is 38.7 Å². The number of aromatic nitrogens is 8. The van der Waals surface area contributed by atoms with E-state index in [1.165, 1.54) is 33.7 Å². The minimum atomic E-state index is -0.421. The fraction of sp³-hybridized carbons (Fsp3) is 0.0870. The third kappa shape index (κ3) is 6.30. The van der Waals surface area contributed by atoms with Gasteiger partial charge in [0.1, 0.15) is 11.6 Å². The molecule has 0 aliphatic carbocycles. The van der Waals surface area contributed by atoms with Gasteiger partial charge in [0.15, 0.2) is 0 Å². The number of rotatable bonds is 8. The first kappa shape index (κ1) is 34.9. The molecular formula is C46H32F2N8O2. The Balaban J connectivity index is 0.898. The molecule has 0 N–H and O–H groups in total. The molecule has 0 unspecified atom stereocenters. The van der Waals surface area contributed by atoms with E-state index < -0.39 is 11.6 Å². The maximum atomic E-state index is 15.7. The Hall–Kier alpha value is -7.60. The molecule has 0 fully saturated rings. The molecule has 4 heterocycles. The van der Waals surface area contributed by atoms with E-state index in [0.717, 1.165) is 44.1 Å². The van der Waals surface area contributed by atoms with Gasteiger partial charge in [0, 0.05) is 41.3 Å². The van der Waals surface area contributed by atoms with Gasteiger partial charge in [-0.15, -0.1) is 0 Å². The first-order chi connectivity index (χ1) is 28.2. The molecule has 4 aromatic heterocycles. The monoisotopic (exact) mass is 766 g/mol. The maximum Gasteiger partial charge on any atom is 0.269 e. The molecule has 0 saturated heterocycles. The van der Waals surface area contributed by atoms with Crippen LogP contribution in [0.15, 0.2) is 150 Å². The van der Waals surface area contributed by atoms with Gasteiger partial charge in [-0.2, -0.15) is 10.2 Å². The second-order valence-electron chi connectivity index (χ2n) is 14.4. The van der Waals surface area contributed by atoms with Crippen molar-refractivity contribution in [3.8, 4) is 22.3 Å². The average Bonchev–Trinajstić information content (AvgIpc) is 3.82. The van der Waals surface area contributed by atoms with E-state index in [1.807, 2.05) is 109 Å². The number of hydrogen-bond donors (Lipinski definition) is 0. The summed E-state index contributed by atoms with van der Waals surface area (Å²) in [5.41, 5.74) is 8.24. The van der Waals surface area contributed by atoms with Crippen LogP contribution in [0.3, 0.4) is 0 Å². The van der Waals surface area contributed by atoms with Gasteiger partial charge in [0.25, 0.3) is 11.1 Å². The van der Waals surface area contributed by atoms with Crippen molar-refractivity contribution in [3.05, 3.63) is 189 Å². The van der Waals surface area contributed by atoms with Crippen LogP contribution in [0, 0.1) is 11.6 Å². The van der Waals surface area contributed by atoms with Gasteiger partial charge < -0.3 is 9.13 Å². The highest BCUT2D eigenvalue weighted by Crippen LogP contribution is 2.31.